The minimum Gasteiger partial charge on any atom is -0.365 e. The van der Waals surface area contributed by atoms with Crippen molar-refractivity contribution in [2.45, 2.75) is 45.3 Å². The van der Waals surface area contributed by atoms with Crippen LogP contribution >= 0.6 is 0 Å². The van der Waals surface area contributed by atoms with Gasteiger partial charge in [-0.3, -0.25) is 9.78 Å². The maximum Gasteiger partial charge on any atom is 0.138 e. The predicted octanol–water partition coefficient (Wildman–Crippen LogP) is 2.59. The van der Waals surface area contributed by atoms with E-state index in [1.54, 1.807) is 0 Å². The number of Topliss-reactive ketones (excluding diaryl/α,β-unsaturated/α-hetero) is 1. The maximum atomic E-state index is 11.9. The van der Waals surface area contributed by atoms with Crippen LogP contribution in [0.2, 0.25) is 0 Å². The first-order valence-electron chi connectivity index (χ1n) is 6.14. The van der Waals surface area contributed by atoms with Gasteiger partial charge in [0.25, 0.3) is 0 Å². The summed E-state index contributed by atoms with van der Waals surface area (Å²) in [4.78, 5) is 16.0. The molecule has 2 heterocycles. The van der Waals surface area contributed by atoms with E-state index in [4.69, 9.17) is 4.74 Å². The number of ketones is 1. The van der Waals surface area contributed by atoms with Gasteiger partial charge in [0.1, 0.15) is 5.78 Å². The molecule has 0 amide bonds. The van der Waals surface area contributed by atoms with E-state index in [9.17, 15) is 4.79 Å². The zero-order valence-electron chi connectivity index (χ0n) is 10.3. The molecule has 1 aliphatic carbocycles. The van der Waals surface area contributed by atoms with E-state index in [1.165, 1.54) is 11.1 Å². The van der Waals surface area contributed by atoms with Crippen LogP contribution in [0.5, 0.6) is 0 Å². The number of carbonyl (C=O) groups excluding carboxylic acids is 1. The molecule has 1 saturated carbocycles. The summed E-state index contributed by atoms with van der Waals surface area (Å²) >= 11 is 0. The Kier molecular flexibility index (Phi) is 2.17. The van der Waals surface area contributed by atoms with Crippen molar-refractivity contribution in [2.75, 3.05) is 0 Å². The SMILES string of the molecule is CC1(C)CC2(CCC1=O)OCc1cnccc12. The summed E-state index contributed by atoms with van der Waals surface area (Å²) in [5, 5.41) is 0. The summed E-state index contributed by atoms with van der Waals surface area (Å²) in [6.07, 6.45) is 5.92. The van der Waals surface area contributed by atoms with Crippen LogP contribution < -0.4 is 0 Å². The van der Waals surface area contributed by atoms with Crippen molar-refractivity contribution in [3.05, 3.63) is 29.6 Å². The molecular weight excluding hydrogens is 214 g/mol. The molecule has 1 aromatic rings. The summed E-state index contributed by atoms with van der Waals surface area (Å²) in [5.41, 5.74) is 1.91. The molecule has 17 heavy (non-hydrogen) atoms. The topological polar surface area (TPSA) is 39.2 Å². The highest BCUT2D eigenvalue weighted by Gasteiger charge is 2.49. The zero-order chi connectivity index (χ0) is 12.1. The third-order valence-electron chi connectivity index (χ3n) is 4.14. The number of ether oxygens (including phenoxy) is 1. The van der Waals surface area contributed by atoms with Crippen molar-refractivity contribution in [1.82, 2.24) is 4.98 Å². The molecule has 0 bridgehead atoms. The van der Waals surface area contributed by atoms with E-state index in [1.807, 2.05) is 32.3 Å². The average molecular weight is 231 g/mol. The highest BCUT2D eigenvalue weighted by Crippen LogP contribution is 2.50. The van der Waals surface area contributed by atoms with Gasteiger partial charge in [0, 0.05) is 29.8 Å². The molecule has 0 saturated heterocycles. The van der Waals surface area contributed by atoms with Gasteiger partial charge in [0.2, 0.25) is 0 Å². The fourth-order valence-corrected chi connectivity index (χ4v) is 3.19. The minimum atomic E-state index is -0.275. The van der Waals surface area contributed by atoms with E-state index in [0.717, 1.165) is 12.8 Å². The normalized spacial score (nSPS) is 30.6. The molecule has 0 N–H and O–H groups in total. The lowest BCUT2D eigenvalue weighted by Crippen LogP contribution is -2.42. The lowest BCUT2D eigenvalue weighted by molar-refractivity contribution is -0.145. The molecule has 3 heteroatoms. The highest BCUT2D eigenvalue weighted by atomic mass is 16.5. The summed E-state index contributed by atoms with van der Waals surface area (Å²) in [7, 11) is 0. The zero-order valence-corrected chi connectivity index (χ0v) is 10.3. The van der Waals surface area contributed by atoms with Crippen LogP contribution in [-0.4, -0.2) is 10.8 Å². The Morgan fingerprint density at radius 2 is 2.24 bits per heavy atom. The second-order valence-corrected chi connectivity index (χ2v) is 5.80. The fourth-order valence-electron chi connectivity index (χ4n) is 3.19. The van der Waals surface area contributed by atoms with Crippen LogP contribution in [0.15, 0.2) is 18.5 Å². The van der Waals surface area contributed by atoms with E-state index >= 15 is 0 Å². The summed E-state index contributed by atoms with van der Waals surface area (Å²) in [6.45, 7) is 4.69. The lowest BCUT2D eigenvalue weighted by Gasteiger charge is -2.41. The molecule has 1 spiro atoms. The smallest absolute Gasteiger partial charge is 0.138 e. The van der Waals surface area contributed by atoms with Crippen LogP contribution in [0, 0.1) is 5.41 Å². The van der Waals surface area contributed by atoms with Gasteiger partial charge in [-0.15, -0.1) is 0 Å². The van der Waals surface area contributed by atoms with Crippen molar-refractivity contribution < 1.29 is 9.53 Å². The van der Waals surface area contributed by atoms with E-state index < -0.39 is 0 Å². The number of hydrogen-bond donors (Lipinski definition) is 0. The Balaban J connectivity index is 2.02. The molecule has 1 aliphatic heterocycles. The molecule has 1 fully saturated rings. The summed E-state index contributed by atoms with van der Waals surface area (Å²) in [6, 6.07) is 2.05. The molecule has 1 atom stereocenters. The van der Waals surface area contributed by atoms with E-state index in [0.29, 0.717) is 18.8 Å². The molecule has 90 valence electrons. The van der Waals surface area contributed by atoms with Crippen LogP contribution in [0.1, 0.15) is 44.2 Å². The van der Waals surface area contributed by atoms with Gasteiger partial charge in [-0.25, -0.2) is 0 Å². The van der Waals surface area contributed by atoms with Gasteiger partial charge >= 0.3 is 0 Å². The van der Waals surface area contributed by atoms with Gasteiger partial charge < -0.3 is 4.74 Å². The number of carbonyl (C=O) groups is 1. The summed E-state index contributed by atoms with van der Waals surface area (Å²) in [5.74, 6) is 0.356. The van der Waals surface area contributed by atoms with E-state index in [2.05, 4.69) is 4.98 Å². The quantitative estimate of drug-likeness (QED) is 0.689. The van der Waals surface area contributed by atoms with Crippen molar-refractivity contribution in [3.63, 3.8) is 0 Å². The average Bonchev–Trinajstić information content (AvgIpc) is 2.64. The van der Waals surface area contributed by atoms with Crippen molar-refractivity contribution in [1.29, 1.82) is 0 Å². The molecule has 0 aromatic carbocycles. The van der Waals surface area contributed by atoms with Crippen LogP contribution in [0.4, 0.5) is 0 Å². The second kappa shape index (κ2) is 3.39. The molecule has 2 aliphatic rings. The predicted molar refractivity (Wildman–Crippen MR) is 63.3 cm³/mol. The Morgan fingerprint density at radius 1 is 1.41 bits per heavy atom. The van der Waals surface area contributed by atoms with Crippen molar-refractivity contribution in [2.24, 2.45) is 5.41 Å². The number of nitrogens with zero attached hydrogens (tertiary/aromatic N) is 1. The first-order chi connectivity index (χ1) is 8.04. The standard InChI is InChI=1S/C14H17NO2/c1-13(2)9-14(5-3-12(13)16)11-4-6-15-7-10(11)8-17-14/h4,6-7H,3,5,8-9H2,1-2H3. The molecule has 3 nitrogen and oxygen atoms in total. The van der Waals surface area contributed by atoms with Gasteiger partial charge in [-0.05, 0) is 24.5 Å². The molecule has 0 radical (unpaired) electrons. The van der Waals surface area contributed by atoms with Gasteiger partial charge in [0.05, 0.1) is 12.2 Å². The fraction of sp³-hybridized carbons (Fsp3) is 0.571. The second-order valence-electron chi connectivity index (χ2n) is 5.80. The maximum absolute atomic E-state index is 11.9. The number of hydrogen-bond acceptors (Lipinski definition) is 3. The number of pyridine rings is 1. The monoisotopic (exact) mass is 231 g/mol. The Morgan fingerprint density at radius 3 is 3.00 bits per heavy atom. The first-order valence-corrected chi connectivity index (χ1v) is 6.14. The van der Waals surface area contributed by atoms with E-state index in [-0.39, 0.29) is 11.0 Å². The highest BCUT2D eigenvalue weighted by molar-refractivity contribution is 5.85. The molecule has 1 unspecified atom stereocenters. The summed E-state index contributed by atoms with van der Waals surface area (Å²) < 4.78 is 6.04. The van der Waals surface area contributed by atoms with Gasteiger partial charge in [0.15, 0.2) is 0 Å². The molecule has 1 aromatic heterocycles. The van der Waals surface area contributed by atoms with Crippen molar-refractivity contribution in [3.8, 4) is 0 Å². The largest absolute Gasteiger partial charge is 0.365 e. The minimum absolute atomic E-state index is 0.240. The van der Waals surface area contributed by atoms with Crippen molar-refractivity contribution >= 4 is 5.78 Å². The van der Waals surface area contributed by atoms with Gasteiger partial charge in [-0.2, -0.15) is 0 Å². The molecular formula is C14H17NO2. The third-order valence-corrected chi connectivity index (χ3v) is 4.14. The molecule has 3 rings (SSSR count). The van der Waals surface area contributed by atoms with Crippen LogP contribution in [-0.2, 0) is 21.7 Å². The third kappa shape index (κ3) is 1.53. The number of aromatic nitrogens is 1. The lowest BCUT2D eigenvalue weighted by atomic mass is 9.67. The Labute approximate surface area is 101 Å². The Bertz CT molecular complexity index is 481. The number of fused-ring (bicyclic) bond motifs is 2. The van der Waals surface area contributed by atoms with Gasteiger partial charge in [-0.1, -0.05) is 13.8 Å². The van der Waals surface area contributed by atoms with Crippen LogP contribution in [0.25, 0.3) is 0 Å². The Hall–Kier alpha value is -1.22. The number of rotatable bonds is 0. The van der Waals surface area contributed by atoms with Crippen LogP contribution in [0.3, 0.4) is 0 Å². The first kappa shape index (κ1) is 10.9.